The van der Waals surface area contributed by atoms with Gasteiger partial charge in [0.05, 0.1) is 48.5 Å². The number of benzene rings is 1. The Kier molecular flexibility index (Phi) is 5.03. The fourth-order valence-corrected chi connectivity index (χ4v) is 5.28. The normalized spacial score (nSPS) is 21.8. The van der Waals surface area contributed by atoms with Crippen LogP contribution in [0.2, 0.25) is 0 Å². The third-order valence-electron chi connectivity index (χ3n) is 7.17. The summed E-state index contributed by atoms with van der Waals surface area (Å²) in [7, 11) is 1.41. The molecule has 0 radical (unpaired) electrons. The van der Waals surface area contributed by atoms with E-state index < -0.39 is 5.82 Å². The Hall–Kier alpha value is -4.18. The molecule has 37 heavy (non-hydrogen) atoms. The molecule has 0 spiro atoms. The summed E-state index contributed by atoms with van der Waals surface area (Å²) in [5.41, 5.74) is 5.04. The highest BCUT2D eigenvalue weighted by Gasteiger charge is 2.48. The highest BCUT2D eigenvalue weighted by Crippen LogP contribution is 2.50. The third-order valence-corrected chi connectivity index (χ3v) is 7.17. The van der Waals surface area contributed by atoms with E-state index in [1.54, 1.807) is 24.4 Å². The van der Waals surface area contributed by atoms with Gasteiger partial charge < -0.3 is 29.8 Å². The first-order valence-electron chi connectivity index (χ1n) is 12.3. The SMILES string of the molecule is COc1c(F)cccc1Nc1c(-c2ccnc3ccc(O[C@H]4CCOC4)nc23)[nH]c2c1C(=O)N[C@@H]1C[C@H]21. The van der Waals surface area contributed by atoms with Crippen LogP contribution in [-0.2, 0) is 4.74 Å². The monoisotopic (exact) mass is 501 g/mol. The number of para-hydroxylation sites is 1. The molecule has 10 heteroatoms. The number of anilines is 2. The molecule has 2 aliphatic heterocycles. The molecule has 1 aromatic carbocycles. The summed E-state index contributed by atoms with van der Waals surface area (Å²) in [6.45, 7) is 1.20. The average Bonchev–Trinajstić information content (AvgIpc) is 3.30. The number of aromatic amines is 1. The number of halogens is 1. The molecule has 0 unspecified atom stereocenters. The van der Waals surface area contributed by atoms with Crippen molar-refractivity contribution in [2.75, 3.05) is 25.6 Å². The molecule has 9 nitrogen and oxygen atoms in total. The number of methoxy groups -OCH3 is 1. The van der Waals surface area contributed by atoms with Gasteiger partial charge in [-0.1, -0.05) is 6.07 Å². The Morgan fingerprint density at radius 1 is 1.22 bits per heavy atom. The van der Waals surface area contributed by atoms with Gasteiger partial charge in [-0.15, -0.1) is 0 Å². The summed E-state index contributed by atoms with van der Waals surface area (Å²) in [6.07, 6.45) is 3.34. The van der Waals surface area contributed by atoms with E-state index in [9.17, 15) is 9.18 Å². The van der Waals surface area contributed by atoms with E-state index in [2.05, 4.69) is 20.6 Å². The molecule has 1 saturated heterocycles. The number of H-pyrrole nitrogens is 1. The Morgan fingerprint density at radius 2 is 2.14 bits per heavy atom. The summed E-state index contributed by atoms with van der Waals surface area (Å²) in [6, 6.07) is 10.3. The van der Waals surface area contributed by atoms with Gasteiger partial charge in [-0.3, -0.25) is 9.78 Å². The number of amides is 1. The van der Waals surface area contributed by atoms with Gasteiger partial charge in [-0.05, 0) is 30.7 Å². The molecular formula is C27H24FN5O4. The molecule has 3 aromatic heterocycles. The topological polar surface area (TPSA) is 110 Å². The number of carbonyl (C=O) groups is 1. The second-order valence-electron chi connectivity index (χ2n) is 9.51. The highest BCUT2D eigenvalue weighted by molar-refractivity contribution is 6.09. The van der Waals surface area contributed by atoms with Gasteiger partial charge in [-0.2, -0.15) is 0 Å². The predicted molar refractivity (Wildman–Crippen MR) is 134 cm³/mol. The maximum atomic E-state index is 14.5. The number of aromatic nitrogens is 3. The molecule has 188 valence electrons. The van der Waals surface area contributed by atoms with Crippen molar-refractivity contribution in [2.45, 2.75) is 30.9 Å². The van der Waals surface area contributed by atoms with Gasteiger partial charge >= 0.3 is 0 Å². The van der Waals surface area contributed by atoms with E-state index in [0.717, 1.165) is 24.1 Å². The molecule has 1 aliphatic carbocycles. The zero-order valence-electron chi connectivity index (χ0n) is 20.0. The van der Waals surface area contributed by atoms with Gasteiger partial charge in [0, 0.05) is 41.9 Å². The highest BCUT2D eigenvalue weighted by atomic mass is 19.1. The van der Waals surface area contributed by atoms with Crippen LogP contribution in [0, 0.1) is 5.82 Å². The van der Waals surface area contributed by atoms with Crippen molar-refractivity contribution in [3.05, 3.63) is 59.7 Å². The molecule has 4 aromatic rings. The maximum Gasteiger partial charge on any atom is 0.255 e. The first kappa shape index (κ1) is 22.1. The Morgan fingerprint density at radius 3 is 2.97 bits per heavy atom. The van der Waals surface area contributed by atoms with Crippen LogP contribution in [0.25, 0.3) is 22.3 Å². The minimum absolute atomic E-state index is 0.0453. The van der Waals surface area contributed by atoms with Crippen molar-refractivity contribution in [3.63, 3.8) is 0 Å². The van der Waals surface area contributed by atoms with E-state index in [1.165, 1.54) is 13.2 Å². The van der Waals surface area contributed by atoms with Gasteiger partial charge in [0.2, 0.25) is 5.88 Å². The molecule has 7 rings (SSSR count). The maximum absolute atomic E-state index is 14.5. The second kappa shape index (κ2) is 8.45. The van der Waals surface area contributed by atoms with Crippen LogP contribution in [0.3, 0.4) is 0 Å². The van der Waals surface area contributed by atoms with Crippen LogP contribution in [0.4, 0.5) is 15.8 Å². The van der Waals surface area contributed by atoms with Crippen LogP contribution in [0.15, 0.2) is 42.6 Å². The molecule has 1 amide bonds. The Balaban J connectivity index is 1.39. The number of nitrogens with zero attached hydrogens (tertiary/aromatic N) is 2. The Bertz CT molecular complexity index is 1550. The molecule has 1 saturated carbocycles. The first-order valence-corrected chi connectivity index (χ1v) is 12.3. The molecule has 0 bridgehead atoms. The zero-order chi connectivity index (χ0) is 25.1. The number of ether oxygens (including phenoxy) is 3. The van der Waals surface area contributed by atoms with E-state index in [4.69, 9.17) is 19.2 Å². The molecule has 2 fully saturated rings. The molecular weight excluding hydrogens is 477 g/mol. The lowest BCUT2D eigenvalue weighted by atomic mass is 10.0. The van der Waals surface area contributed by atoms with Crippen LogP contribution >= 0.6 is 0 Å². The van der Waals surface area contributed by atoms with Crippen molar-refractivity contribution >= 4 is 28.3 Å². The minimum atomic E-state index is -0.501. The van der Waals surface area contributed by atoms with Crippen molar-refractivity contribution in [2.24, 2.45) is 0 Å². The number of hydrogen-bond acceptors (Lipinski definition) is 7. The van der Waals surface area contributed by atoms with Crippen molar-refractivity contribution in [1.29, 1.82) is 0 Å². The van der Waals surface area contributed by atoms with E-state index in [0.29, 0.717) is 52.8 Å². The van der Waals surface area contributed by atoms with Crippen LogP contribution < -0.4 is 20.1 Å². The summed E-state index contributed by atoms with van der Waals surface area (Å²) in [4.78, 5) is 26.0. The summed E-state index contributed by atoms with van der Waals surface area (Å²) < 4.78 is 31.3. The van der Waals surface area contributed by atoms with Crippen molar-refractivity contribution < 1.29 is 23.4 Å². The van der Waals surface area contributed by atoms with E-state index >= 15 is 0 Å². The lowest BCUT2D eigenvalue weighted by molar-refractivity contribution is 0.0944. The van der Waals surface area contributed by atoms with Gasteiger partial charge in [0.15, 0.2) is 11.6 Å². The smallest absolute Gasteiger partial charge is 0.255 e. The zero-order valence-corrected chi connectivity index (χ0v) is 20.0. The number of nitrogens with one attached hydrogen (secondary N) is 3. The summed E-state index contributed by atoms with van der Waals surface area (Å²) in [5, 5.41) is 6.36. The number of carbonyl (C=O) groups excluding carboxylic acids is 1. The van der Waals surface area contributed by atoms with Crippen LogP contribution in [0.1, 0.15) is 34.8 Å². The predicted octanol–water partition coefficient (Wildman–Crippen LogP) is 4.28. The lowest BCUT2D eigenvalue weighted by Crippen LogP contribution is -2.31. The first-order chi connectivity index (χ1) is 18.1. The van der Waals surface area contributed by atoms with Gasteiger partial charge in [-0.25, -0.2) is 9.37 Å². The minimum Gasteiger partial charge on any atom is -0.492 e. The second-order valence-corrected chi connectivity index (χ2v) is 9.51. The number of pyridine rings is 2. The Labute approximate surface area is 211 Å². The summed E-state index contributed by atoms with van der Waals surface area (Å²) >= 11 is 0. The van der Waals surface area contributed by atoms with Crippen LogP contribution in [-0.4, -0.2) is 53.3 Å². The average molecular weight is 502 g/mol. The van der Waals surface area contributed by atoms with E-state index in [1.807, 2.05) is 12.1 Å². The fourth-order valence-electron chi connectivity index (χ4n) is 5.28. The van der Waals surface area contributed by atoms with Gasteiger partial charge in [0.1, 0.15) is 11.6 Å². The molecule has 5 heterocycles. The van der Waals surface area contributed by atoms with Crippen LogP contribution in [0.5, 0.6) is 11.6 Å². The molecule has 3 N–H and O–H groups in total. The third kappa shape index (κ3) is 3.67. The quantitative estimate of drug-likeness (QED) is 0.362. The van der Waals surface area contributed by atoms with Crippen molar-refractivity contribution in [3.8, 4) is 22.9 Å². The lowest BCUT2D eigenvalue weighted by Gasteiger charge is -2.17. The molecule has 3 aliphatic rings. The number of fused-ring (bicyclic) bond motifs is 4. The van der Waals surface area contributed by atoms with Gasteiger partial charge in [0.25, 0.3) is 5.91 Å². The fraction of sp³-hybridized carbons (Fsp3) is 0.296. The molecule has 3 atom stereocenters. The van der Waals surface area contributed by atoms with E-state index in [-0.39, 0.29) is 29.7 Å². The number of rotatable bonds is 6. The van der Waals surface area contributed by atoms with Crippen molar-refractivity contribution in [1.82, 2.24) is 20.3 Å². The summed E-state index contributed by atoms with van der Waals surface area (Å²) in [5.74, 6) is 0.0780. The largest absolute Gasteiger partial charge is 0.492 e. The number of hydrogen-bond donors (Lipinski definition) is 3. The standard InChI is InChI=1S/C27H24FN5O4/c1-35-26-16(28)3-2-4-18(26)30-25-21-23(15-11-19(15)31-27(21)34)33-24(25)14-7-9-29-17-5-6-20(32-22(14)17)37-13-8-10-36-12-13/h2-7,9,13,15,19,30,33H,8,10-12H2,1H3,(H,31,34)/t13-,15-,19+/m0/s1.